The summed E-state index contributed by atoms with van der Waals surface area (Å²) in [4.78, 5) is 26.6. The first-order valence-corrected chi connectivity index (χ1v) is 8.68. The highest BCUT2D eigenvalue weighted by atomic mass is 16.6. The number of rotatable bonds is 3. The van der Waals surface area contributed by atoms with E-state index in [9.17, 15) is 9.59 Å². The first kappa shape index (κ1) is 16.4. The number of benzene rings is 2. The van der Waals surface area contributed by atoms with Gasteiger partial charge in [-0.15, -0.1) is 0 Å². The van der Waals surface area contributed by atoms with E-state index >= 15 is 0 Å². The van der Waals surface area contributed by atoms with Gasteiger partial charge in [0.25, 0.3) is 0 Å². The number of fused-ring (bicyclic) bond motifs is 1. The zero-order chi connectivity index (χ0) is 18.1. The van der Waals surface area contributed by atoms with Gasteiger partial charge in [0.05, 0.1) is 5.92 Å². The molecule has 2 aromatic carbocycles. The monoisotopic (exact) mass is 352 g/mol. The predicted molar refractivity (Wildman–Crippen MR) is 97.7 cm³/mol. The summed E-state index contributed by atoms with van der Waals surface area (Å²) in [5, 5.41) is 2.89. The third kappa shape index (κ3) is 3.22. The van der Waals surface area contributed by atoms with E-state index in [0.717, 1.165) is 16.9 Å². The first-order chi connectivity index (χ1) is 12.6. The molecule has 4 rings (SSSR count). The molecule has 2 amide bonds. The average Bonchev–Trinajstić information content (AvgIpc) is 3.05. The fourth-order valence-electron chi connectivity index (χ4n) is 3.21. The van der Waals surface area contributed by atoms with Gasteiger partial charge in [0.1, 0.15) is 13.2 Å². The van der Waals surface area contributed by atoms with Gasteiger partial charge in [0.2, 0.25) is 11.8 Å². The van der Waals surface area contributed by atoms with Crippen molar-refractivity contribution in [3.63, 3.8) is 0 Å². The topological polar surface area (TPSA) is 67.9 Å². The predicted octanol–water partition coefficient (Wildman–Crippen LogP) is 2.76. The number of ether oxygens (including phenoxy) is 2. The number of hydrogen-bond donors (Lipinski definition) is 1. The van der Waals surface area contributed by atoms with Crippen molar-refractivity contribution >= 4 is 23.2 Å². The SMILES string of the molecule is Cc1ccc(NC(=O)[C@H]2CC(=O)N(c3ccc4c(c3)OCCO4)C2)cc1. The molecule has 0 bridgehead atoms. The Morgan fingerprint density at radius 3 is 2.58 bits per heavy atom. The lowest BCUT2D eigenvalue weighted by Gasteiger charge is -2.22. The molecule has 0 radical (unpaired) electrons. The highest BCUT2D eigenvalue weighted by Crippen LogP contribution is 2.36. The zero-order valence-electron chi connectivity index (χ0n) is 14.5. The Kier molecular flexibility index (Phi) is 4.24. The number of amides is 2. The number of hydrogen-bond acceptors (Lipinski definition) is 4. The lowest BCUT2D eigenvalue weighted by Crippen LogP contribution is -2.28. The van der Waals surface area contributed by atoms with Crippen molar-refractivity contribution in [2.45, 2.75) is 13.3 Å². The van der Waals surface area contributed by atoms with Crippen molar-refractivity contribution in [1.82, 2.24) is 0 Å². The molecular formula is C20H20N2O4. The molecule has 6 heteroatoms. The minimum atomic E-state index is -0.378. The third-order valence-corrected chi connectivity index (χ3v) is 4.65. The van der Waals surface area contributed by atoms with Gasteiger partial charge in [-0.05, 0) is 31.2 Å². The maximum Gasteiger partial charge on any atom is 0.229 e. The van der Waals surface area contributed by atoms with Crippen LogP contribution in [0.3, 0.4) is 0 Å². The van der Waals surface area contributed by atoms with Crippen LogP contribution in [-0.4, -0.2) is 31.6 Å². The highest BCUT2D eigenvalue weighted by Gasteiger charge is 2.35. The molecule has 1 N–H and O–H groups in total. The van der Waals surface area contributed by atoms with Crippen LogP contribution in [0.4, 0.5) is 11.4 Å². The van der Waals surface area contributed by atoms with Crippen molar-refractivity contribution in [2.24, 2.45) is 5.92 Å². The summed E-state index contributed by atoms with van der Waals surface area (Å²) in [5.41, 5.74) is 2.60. The van der Waals surface area contributed by atoms with Crippen LogP contribution in [0.5, 0.6) is 11.5 Å². The number of anilines is 2. The molecule has 0 unspecified atom stereocenters. The molecule has 1 fully saturated rings. The van der Waals surface area contributed by atoms with E-state index in [1.807, 2.05) is 37.3 Å². The van der Waals surface area contributed by atoms with Gasteiger partial charge < -0.3 is 19.7 Å². The summed E-state index contributed by atoms with van der Waals surface area (Å²) >= 11 is 0. The smallest absolute Gasteiger partial charge is 0.229 e. The second-order valence-electron chi connectivity index (χ2n) is 6.59. The van der Waals surface area contributed by atoms with Gasteiger partial charge in [-0.3, -0.25) is 9.59 Å². The normalized spacial score (nSPS) is 18.7. The fourth-order valence-corrected chi connectivity index (χ4v) is 3.21. The molecule has 1 saturated heterocycles. The van der Waals surface area contributed by atoms with Crippen molar-refractivity contribution in [3.8, 4) is 11.5 Å². The van der Waals surface area contributed by atoms with Crippen molar-refractivity contribution in [3.05, 3.63) is 48.0 Å². The van der Waals surface area contributed by atoms with E-state index in [1.165, 1.54) is 0 Å². The minimum absolute atomic E-state index is 0.0641. The molecule has 0 aromatic heterocycles. The highest BCUT2D eigenvalue weighted by molar-refractivity contribution is 6.03. The Labute approximate surface area is 151 Å². The minimum Gasteiger partial charge on any atom is -0.486 e. The van der Waals surface area contributed by atoms with Crippen LogP contribution < -0.4 is 19.7 Å². The largest absolute Gasteiger partial charge is 0.486 e. The Morgan fingerprint density at radius 1 is 1.08 bits per heavy atom. The van der Waals surface area contributed by atoms with E-state index in [0.29, 0.717) is 31.3 Å². The van der Waals surface area contributed by atoms with Crippen molar-refractivity contribution < 1.29 is 19.1 Å². The van der Waals surface area contributed by atoms with Crippen LogP contribution in [0.2, 0.25) is 0 Å². The van der Waals surface area contributed by atoms with Gasteiger partial charge in [0, 0.05) is 30.4 Å². The maximum atomic E-state index is 12.5. The molecular weight excluding hydrogens is 332 g/mol. The number of nitrogens with zero attached hydrogens (tertiary/aromatic N) is 1. The zero-order valence-corrected chi connectivity index (χ0v) is 14.5. The molecule has 2 aliphatic heterocycles. The van der Waals surface area contributed by atoms with Crippen LogP contribution in [0, 0.1) is 12.8 Å². The standard InChI is InChI=1S/C20H20N2O4/c1-13-2-4-15(5-3-13)21-20(24)14-10-19(23)22(12-14)16-6-7-17-18(11-16)26-9-8-25-17/h2-7,11,14H,8-10,12H2,1H3,(H,21,24)/t14-/m0/s1. The summed E-state index contributed by atoms with van der Waals surface area (Å²) in [6.07, 6.45) is 0.201. The van der Waals surface area contributed by atoms with Gasteiger partial charge in [-0.2, -0.15) is 0 Å². The number of nitrogens with one attached hydrogen (secondary N) is 1. The van der Waals surface area contributed by atoms with Crippen LogP contribution in [0.15, 0.2) is 42.5 Å². The molecule has 2 aromatic rings. The van der Waals surface area contributed by atoms with Crippen molar-refractivity contribution in [1.29, 1.82) is 0 Å². The number of aryl methyl sites for hydroxylation is 1. The third-order valence-electron chi connectivity index (χ3n) is 4.65. The molecule has 0 saturated carbocycles. The lowest BCUT2D eigenvalue weighted by atomic mass is 10.1. The summed E-state index contributed by atoms with van der Waals surface area (Å²) in [5.74, 6) is 0.736. The summed E-state index contributed by atoms with van der Waals surface area (Å²) < 4.78 is 11.1. The molecule has 0 aliphatic carbocycles. The van der Waals surface area contributed by atoms with Gasteiger partial charge in [-0.1, -0.05) is 17.7 Å². The quantitative estimate of drug-likeness (QED) is 0.922. The van der Waals surface area contributed by atoms with E-state index in [-0.39, 0.29) is 24.2 Å². The fraction of sp³-hybridized carbons (Fsp3) is 0.300. The maximum absolute atomic E-state index is 12.5. The Hall–Kier alpha value is -3.02. The Morgan fingerprint density at radius 2 is 1.81 bits per heavy atom. The van der Waals surface area contributed by atoms with Crippen LogP contribution >= 0.6 is 0 Å². The summed E-state index contributed by atoms with van der Waals surface area (Å²) in [7, 11) is 0. The van der Waals surface area contributed by atoms with E-state index in [2.05, 4.69) is 5.32 Å². The lowest BCUT2D eigenvalue weighted by molar-refractivity contribution is -0.122. The molecule has 2 heterocycles. The van der Waals surface area contributed by atoms with Crippen LogP contribution in [0.25, 0.3) is 0 Å². The Balaban J connectivity index is 1.46. The first-order valence-electron chi connectivity index (χ1n) is 8.68. The van der Waals surface area contributed by atoms with E-state index in [1.54, 1.807) is 17.0 Å². The van der Waals surface area contributed by atoms with E-state index in [4.69, 9.17) is 9.47 Å². The second kappa shape index (κ2) is 6.71. The number of carbonyl (C=O) groups is 2. The van der Waals surface area contributed by atoms with Crippen LogP contribution in [-0.2, 0) is 9.59 Å². The second-order valence-corrected chi connectivity index (χ2v) is 6.59. The molecule has 6 nitrogen and oxygen atoms in total. The summed E-state index contributed by atoms with van der Waals surface area (Å²) in [6.45, 7) is 3.37. The number of carbonyl (C=O) groups excluding carboxylic acids is 2. The van der Waals surface area contributed by atoms with Gasteiger partial charge in [0.15, 0.2) is 11.5 Å². The average molecular weight is 352 g/mol. The molecule has 2 aliphatic rings. The molecule has 134 valence electrons. The summed E-state index contributed by atoms with van der Waals surface area (Å²) in [6, 6.07) is 13.0. The van der Waals surface area contributed by atoms with E-state index < -0.39 is 0 Å². The Bertz CT molecular complexity index is 847. The molecule has 1 atom stereocenters. The van der Waals surface area contributed by atoms with Gasteiger partial charge in [-0.25, -0.2) is 0 Å². The van der Waals surface area contributed by atoms with Gasteiger partial charge >= 0.3 is 0 Å². The van der Waals surface area contributed by atoms with Crippen molar-refractivity contribution in [2.75, 3.05) is 30.0 Å². The molecule has 0 spiro atoms. The van der Waals surface area contributed by atoms with Crippen LogP contribution in [0.1, 0.15) is 12.0 Å². The molecule has 26 heavy (non-hydrogen) atoms.